The summed E-state index contributed by atoms with van der Waals surface area (Å²) in [5, 5.41) is 3.26. The van der Waals surface area contributed by atoms with E-state index in [9.17, 15) is 4.79 Å². The van der Waals surface area contributed by atoms with Crippen molar-refractivity contribution >= 4 is 17.4 Å². The Morgan fingerprint density at radius 3 is 2.50 bits per heavy atom. The largest absolute Gasteiger partial charge is 0.396 e. The number of amides is 1. The van der Waals surface area contributed by atoms with E-state index in [0.29, 0.717) is 17.4 Å². The standard InChI is InChI=1S/C13H22N4O/c1-4-9(5-2)8(3)16-13-10(14)6-7-11(17-13)12(15)18/h6-9H,4-5,14H2,1-3H3,(H2,15,18)(H,16,17). The summed E-state index contributed by atoms with van der Waals surface area (Å²) in [5.74, 6) is 0.530. The van der Waals surface area contributed by atoms with E-state index in [0.717, 1.165) is 12.8 Å². The molecule has 0 spiro atoms. The first kappa shape index (κ1) is 14.3. The number of hydrogen-bond donors (Lipinski definition) is 3. The molecule has 100 valence electrons. The van der Waals surface area contributed by atoms with Crippen molar-refractivity contribution < 1.29 is 4.79 Å². The lowest BCUT2D eigenvalue weighted by Crippen LogP contribution is -2.26. The maximum atomic E-state index is 11.1. The smallest absolute Gasteiger partial charge is 0.267 e. The molecular formula is C13H22N4O. The number of anilines is 2. The minimum Gasteiger partial charge on any atom is -0.396 e. The second-order valence-corrected chi connectivity index (χ2v) is 4.51. The van der Waals surface area contributed by atoms with Crippen LogP contribution in [0.1, 0.15) is 44.1 Å². The zero-order valence-corrected chi connectivity index (χ0v) is 11.2. The summed E-state index contributed by atoms with van der Waals surface area (Å²) in [5.41, 5.74) is 11.8. The van der Waals surface area contributed by atoms with Crippen molar-refractivity contribution in [2.24, 2.45) is 11.7 Å². The summed E-state index contributed by atoms with van der Waals surface area (Å²) in [4.78, 5) is 15.2. The molecule has 0 aliphatic heterocycles. The van der Waals surface area contributed by atoms with Gasteiger partial charge in [-0.2, -0.15) is 0 Å². The highest BCUT2D eigenvalue weighted by molar-refractivity contribution is 5.91. The number of nitrogen functional groups attached to an aromatic ring is 1. The highest BCUT2D eigenvalue weighted by Crippen LogP contribution is 2.21. The fourth-order valence-electron chi connectivity index (χ4n) is 2.05. The van der Waals surface area contributed by atoms with Crippen LogP contribution in [0.5, 0.6) is 0 Å². The van der Waals surface area contributed by atoms with Crippen molar-refractivity contribution in [1.29, 1.82) is 0 Å². The molecule has 0 fully saturated rings. The summed E-state index contributed by atoms with van der Waals surface area (Å²) in [6.07, 6.45) is 2.17. The summed E-state index contributed by atoms with van der Waals surface area (Å²) < 4.78 is 0. The molecule has 1 atom stereocenters. The van der Waals surface area contributed by atoms with Gasteiger partial charge in [-0.25, -0.2) is 4.98 Å². The van der Waals surface area contributed by atoms with E-state index in [2.05, 4.69) is 31.1 Å². The minimum absolute atomic E-state index is 0.225. The molecule has 5 heteroatoms. The Morgan fingerprint density at radius 1 is 1.39 bits per heavy atom. The number of nitrogens with zero attached hydrogens (tertiary/aromatic N) is 1. The molecule has 0 aliphatic rings. The van der Waals surface area contributed by atoms with E-state index in [1.54, 1.807) is 6.07 Å². The van der Waals surface area contributed by atoms with Crippen LogP contribution in [0.4, 0.5) is 11.5 Å². The Kier molecular flexibility index (Phi) is 4.95. The van der Waals surface area contributed by atoms with Crippen LogP contribution >= 0.6 is 0 Å². The van der Waals surface area contributed by atoms with E-state index >= 15 is 0 Å². The third-order valence-corrected chi connectivity index (χ3v) is 3.30. The van der Waals surface area contributed by atoms with Gasteiger partial charge in [0.05, 0.1) is 5.69 Å². The van der Waals surface area contributed by atoms with Gasteiger partial charge in [0.1, 0.15) is 11.5 Å². The van der Waals surface area contributed by atoms with Crippen molar-refractivity contribution in [1.82, 2.24) is 4.98 Å². The van der Waals surface area contributed by atoms with Crippen molar-refractivity contribution in [3.05, 3.63) is 17.8 Å². The van der Waals surface area contributed by atoms with Gasteiger partial charge in [-0.1, -0.05) is 26.7 Å². The molecule has 0 saturated carbocycles. The number of primary amides is 1. The lowest BCUT2D eigenvalue weighted by Gasteiger charge is -2.23. The van der Waals surface area contributed by atoms with Crippen molar-refractivity contribution in [3.8, 4) is 0 Å². The Balaban J connectivity index is 2.89. The van der Waals surface area contributed by atoms with Crippen LogP contribution in [0.3, 0.4) is 0 Å². The average Bonchev–Trinajstić information content (AvgIpc) is 2.33. The van der Waals surface area contributed by atoms with Crippen molar-refractivity contribution in [3.63, 3.8) is 0 Å². The zero-order valence-electron chi connectivity index (χ0n) is 11.2. The third-order valence-electron chi connectivity index (χ3n) is 3.30. The quantitative estimate of drug-likeness (QED) is 0.719. The molecule has 0 saturated heterocycles. The molecule has 1 amide bonds. The lowest BCUT2D eigenvalue weighted by molar-refractivity contribution is 0.0995. The number of carbonyl (C=O) groups is 1. The maximum absolute atomic E-state index is 11.1. The topological polar surface area (TPSA) is 94.0 Å². The van der Waals surface area contributed by atoms with E-state index < -0.39 is 5.91 Å². The number of nitrogens with two attached hydrogens (primary N) is 2. The van der Waals surface area contributed by atoms with Gasteiger partial charge in [0, 0.05) is 6.04 Å². The van der Waals surface area contributed by atoms with Crippen LogP contribution in [0.25, 0.3) is 0 Å². The van der Waals surface area contributed by atoms with Gasteiger partial charge < -0.3 is 16.8 Å². The summed E-state index contributed by atoms with van der Waals surface area (Å²) in [6.45, 7) is 6.40. The van der Waals surface area contributed by atoms with Gasteiger partial charge in [0.15, 0.2) is 0 Å². The van der Waals surface area contributed by atoms with Crippen LogP contribution in [0, 0.1) is 5.92 Å². The number of aromatic nitrogens is 1. The molecule has 1 aromatic heterocycles. The lowest BCUT2D eigenvalue weighted by atomic mass is 9.95. The van der Waals surface area contributed by atoms with Gasteiger partial charge in [-0.05, 0) is 25.0 Å². The van der Waals surface area contributed by atoms with Crippen LogP contribution in [-0.2, 0) is 0 Å². The number of hydrogen-bond acceptors (Lipinski definition) is 4. The summed E-state index contributed by atoms with van der Waals surface area (Å²) in [7, 11) is 0. The van der Waals surface area contributed by atoms with Crippen LogP contribution in [0.15, 0.2) is 12.1 Å². The number of nitrogens with one attached hydrogen (secondary N) is 1. The van der Waals surface area contributed by atoms with Crippen LogP contribution in [-0.4, -0.2) is 16.9 Å². The number of pyridine rings is 1. The molecule has 0 bridgehead atoms. The van der Waals surface area contributed by atoms with Gasteiger partial charge >= 0.3 is 0 Å². The second kappa shape index (κ2) is 6.23. The normalized spacial score (nSPS) is 12.4. The second-order valence-electron chi connectivity index (χ2n) is 4.51. The average molecular weight is 250 g/mol. The van der Waals surface area contributed by atoms with Gasteiger partial charge in [0.2, 0.25) is 0 Å². The van der Waals surface area contributed by atoms with Crippen molar-refractivity contribution in [2.75, 3.05) is 11.1 Å². The Morgan fingerprint density at radius 2 is 2.00 bits per heavy atom. The van der Waals surface area contributed by atoms with E-state index in [1.807, 2.05) is 0 Å². The molecule has 18 heavy (non-hydrogen) atoms. The maximum Gasteiger partial charge on any atom is 0.267 e. The Bertz CT molecular complexity index is 415. The van der Waals surface area contributed by atoms with Crippen LogP contribution < -0.4 is 16.8 Å². The molecule has 1 rings (SSSR count). The molecule has 5 N–H and O–H groups in total. The monoisotopic (exact) mass is 250 g/mol. The first-order valence-corrected chi connectivity index (χ1v) is 6.32. The minimum atomic E-state index is -0.548. The van der Waals surface area contributed by atoms with Gasteiger partial charge in [0.25, 0.3) is 5.91 Å². The number of rotatable bonds is 6. The SMILES string of the molecule is CCC(CC)C(C)Nc1nc(C(N)=O)ccc1N. The molecule has 0 aliphatic carbocycles. The van der Waals surface area contributed by atoms with Crippen molar-refractivity contribution in [2.45, 2.75) is 39.7 Å². The zero-order chi connectivity index (χ0) is 13.7. The summed E-state index contributed by atoms with van der Waals surface area (Å²) >= 11 is 0. The van der Waals surface area contributed by atoms with Gasteiger partial charge in [-0.15, -0.1) is 0 Å². The highest BCUT2D eigenvalue weighted by atomic mass is 16.1. The predicted octanol–water partition coefficient (Wildman–Crippen LogP) is 2.00. The molecule has 1 heterocycles. The van der Waals surface area contributed by atoms with E-state index in [4.69, 9.17) is 11.5 Å². The molecular weight excluding hydrogens is 228 g/mol. The molecule has 0 radical (unpaired) electrons. The molecule has 1 aromatic rings. The summed E-state index contributed by atoms with van der Waals surface area (Å²) in [6, 6.07) is 3.43. The first-order chi connectivity index (χ1) is 8.49. The fourth-order valence-corrected chi connectivity index (χ4v) is 2.05. The third kappa shape index (κ3) is 3.35. The fraction of sp³-hybridized carbons (Fsp3) is 0.538. The first-order valence-electron chi connectivity index (χ1n) is 6.32. The number of carbonyl (C=O) groups excluding carboxylic acids is 1. The highest BCUT2D eigenvalue weighted by Gasteiger charge is 2.15. The Hall–Kier alpha value is -1.78. The van der Waals surface area contributed by atoms with E-state index in [1.165, 1.54) is 6.07 Å². The van der Waals surface area contributed by atoms with Gasteiger partial charge in [-0.3, -0.25) is 4.79 Å². The molecule has 5 nitrogen and oxygen atoms in total. The van der Waals surface area contributed by atoms with Crippen LogP contribution in [0.2, 0.25) is 0 Å². The molecule has 0 aromatic carbocycles. The predicted molar refractivity (Wildman–Crippen MR) is 74.3 cm³/mol. The molecule has 1 unspecified atom stereocenters. The Labute approximate surface area is 108 Å². The van der Waals surface area contributed by atoms with E-state index in [-0.39, 0.29) is 11.7 Å².